The highest BCUT2D eigenvalue weighted by molar-refractivity contribution is 5.89. The van der Waals surface area contributed by atoms with Gasteiger partial charge in [0, 0.05) is 31.9 Å². The Kier molecular flexibility index (Phi) is 8.14. The summed E-state index contributed by atoms with van der Waals surface area (Å²) in [5.41, 5.74) is 2.94. The van der Waals surface area contributed by atoms with Crippen molar-refractivity contribution in [3.05, 3.63) is 59.7 Å². The Hall–Kier alpha value is -3.22. The number of carbonyl (C=O) groups excluding carboxylic acids is 1. The SMILES string of the molecule is CN=C(NCc1ccc(NC(=O)NC(C)C)cc1)NCc1cccc(OC)c1. The molecule has 0 saturated heterocycles. The monoisotopic (exact) mass is 383 g/mol. The summed E-state index contributed by atoms with van der Waals surface area (Å²) in [5, 5.41) is 12.2. The fourth-order valence-corrected chi connectivity index (χ4v) is 2.51. The zero-order valence-electron chi connectivity index (χ0n) is 16.9. The predicted molar refractivity (Wildman–Crippen MR) is 114 cm³/mol. The Labute approximate surface area is 166 Å². The Bertz CT molecular complexity index is 788. The third-order valence-corrected chi connectivity index (χ3v) is 3.91. The van der Waals surface area contributed by atoms with Gasteiger partial charge < -0.3 is 26.0 Å². The molecule has 2 aromatic rings. The number of nitrogens with zero attached hydrogens (tertiary/aromatic N) is 1. The van der Waals surface area contributed by atoms with E-state index in [9.17, 15) is 4.79 Å². The number of nitrogens with one attached hydrogen (secondary N) is 4. The molecule has 7 nitrogen and oxygen atoms in total. The number of guanidine groups is 1. The van der Waals surface area contributed by atoms with Gasteiger partial charge in [-0.15, -0.1) is 0 Å². The standard InChI is InChI=1S/C21H29N5O2/c1-15(2)25-21(27)26-18-10-8-16(9-11-18)13-23-20(22-3)24-14-17-6-5-7-19(12-17)28-4/h5-12,15H,13-14H2,1-4H3,(H2,22,23,24)(H2,25,26,27). The molecular weight excluding hydrogens is 354 g/mol. The van der Waals surface area contributed by atoms with Crippen LogP contribution in [0, 0.1) is 0 Å². The van der Waals surface area contributed by atoms with Crippen LogP contribution in [0.25, 0.3) is 0 Å². The van der Waals surface area contributed by atoms with Crippen LogP contribution >= 0.6 is 0 Å². The van der Waals surface area contributed by atoms with Crippen LogP contribution in [0.5, 0.6) is 5.75 Å². The first-order valence-corrected chi connectivity index (χ1v) is 9.24. The number of amides is 2. The number of rotatable bonds is 7. The van der Waals surface area contributed by atoms with Gasteiger partial charge in [-0.05, 0) is 49.2 Å². The van der Waals surface area contributed by atoms with Crippen molar-refractivity contribution >= 4 is 17.7 Å². The van der Waals surface area contributed by atoms with Gasteiger partial charge in [0.15, 0.2) is 5.96 Å². The highest BCUT2D eigenvalue weighted by atomic mass is 16.5. The van der Waals surface area contributed by atoms with E-state index in [1.807, 2.05) is 62.4 Å². The summed E-state index contributed by atoms with van der Waals surface area (Å²) in [7, 11) is 3.39. The topological polar surface area (TPSA) is 86.8 Å². The Morgan fingerprint density at radius 2 is 1.71 bits per heavy atom. The first kappa shape index (κ1) is 21.1. The van der Waals surface area contributed by atoms with Gasteiger partial charge in [0.05, 0.1) is 7.11 Å². The van der Waals surface area contributed by atoms with E-state index in [1.54, 1.807) is 14.2 Å². The lowest BCUT2D eigenvalue weighted by Crippen LogP contribution is -2.36. The summed E-state index contributed by atoms with van der Waals surface area (Å²) in [6.45, 7) is 5.11. The van der Waals surface area contributed by atoms with Crippen molar-refractivity contribution in [3.8, 4) is 5.75 Å². The average Bonchev–Trinajstić information content (AvgIpc) is 2.68. The predicted octanol–water partition coefficient (Wildman–Crippen LogP) is 3.09. The van der Waals surface area contributed by atoms with Crippen molar-refractivity contribution in [2.45, 2.75) is 33.0 Å². The highest BCUT2D eigenvalue weighted by Gasteiger charge is 2.04. The maximum Gasteiger partial charge on any atom is 0.319 e. The Morgan fingerprint density at radius 1 is 1.04 bits per heavy atom. The van der Waals surface area contributed by atoms with Crippen LogP contribution in [0.15, 0.2) is 53.5 Å². The van der Waals surface area contributed by atoms with Crippen LogP contribution in [0.4, 0.5) is 10.5 Å². The summed E-state index contributed by atoms with van der Waals surface area (Å²) < 4.78 is 5.24. The first-order chi connectivity index (χ1) is 13.5. The molecule has 0 aromatic heterocycles. The minimum Gasteiger partial charge on any atom is -0.497 e. The largest absolute Gasteiger partial charge is 0.497 e. The second kappa shape index (κ2) is 10.8. The van der Waals surface area contributed by atoms with Gasteiger partial charge in [0.1, 0.15) is 5.75 Å². The number of hydrogen-bond acceptors (Lipinski definition) is 3. The van der Waals surface area contributed by atoms with E-state index in [4.69, 9.17) is 4.74 Å². The van der Waals surface area contributed by atoms with E-state index in [0.717, 1.165) is 22.6 Å². The number of carbonyl (C=O) groups is 1. The minimum atomic E-state index is -0.206. The van der Waals surface area contributed by atoms with Gasteiger partial charge in [0.25, 0.3) is 0 Å². The van der Waals surface area contributed by atoms with Crippen LogP contribution in [0.2, 0.25) is 0 Å². The Morgan fingerprint density at radius 3 is 2.32 bits per heavy atom. The molecule has 2 amide bonds. The maximum atomic E-state index is 11.7. The van der Waals surface area contributed by atoms with Crippen molar-refractivity contribution < 1.29 is 9.53 Å². The van der Waals surface area contributed by atoms with Gasteiger partial charge >= 0.3 is 6.03 Å². The first-order valence-electron chi connectivity index (χ1n) is 9.24. The molecule has 0 aliphatic rings. The lowest BCUT2D eigenvalue weighted by atomic mass is 10.2. The minimum absolute atomic E-state index is 0.0969. The van der Waals surface area contributed by atoms with Crippen molar-refractivity contribution in [1.29, 1.82) is 0 Å². The van der Waals surface area contributed by atoms with E-state index in [0.29, 0.717) is 19.0 Å². The summed E-state index contributed by atoms with van der Waals surface area (Å²) >= 11 is 0. The molecule has 0 radical (unpaired) electrons. The van der Waals surface area contributed by atoms with Gasteiger partial charge in [-0.25, -0.2) is 4.79 Å². The Balaban J connectivity index is 1.81. The van der Waals surface area contributed by atoms with E-state index in [-0.39, 0.29) is 12.1 Å². The third kappa shape index (κ3) is 7.19. The van der Waals surface area contributed by atoms with Crippen LogP contribution in [0.3, 0.4) is 0 Å². The maximum absolute atomic E-state index is 11.7. The highest BCUT2D eigenvalue weighted by Crippen LogP contribution is 2.12. The lowest BCUT2D eigenvalue weighted by molar-refractivity contribution is 0.250. The number of ether oxygens (including phenoxy) is 1. The quantitative estimate of drug-likeness (QED) is 0.437. The van der Waals surface area contributed by atoms with Gasteiger partial charge in [-0.1, -0.05) is 24.3 Å². The summed E-state index contributed by atoms with van der Waals surface area (Å²) in [6, 6.07) is 15.5. The fourth-order valence-electron chi connectivity index (χ4n) is 2.51. The van der Waals surface area contributed by atoms with Crippen LogP contribution < -0.4 is 26.0 Å². The third-order valence-electron chi connectivity index (χ3n) is 3.91. The molecule has 2 aromatic carbocycles. The van der Waals surface area contributed by atoms with Crippen molar-refractivity contribution in [2.24, 2.45) is 4.99 Å². The second-order valence-corrected chi connectivity index (χ2v) is 6.58. The van der Waals surface area contributed by atoms with E-state index >= 15 is 0 Å². The zero-order chi connectivity index (χ0) is 20.4. The lowest BCUT2D eigenvalue weighted by Gasteiger charge is -2.13. The molecular formula is C21H29N5O2. The molecule has 0 fully saturated rings. The molecule has 4 N–H and O–H groups in total. The van der Waals surface area contributed by atoms with Crippen LogP contribution in [-0.2, 0) is 13.1 Å². The van der Waals surface area contributed by atoms with E-state index in [1.165, 1.54) is 0 Å². The van der Waals surface area contributed by atoms with Gasteiger partial charge in [-0.2, -0.15) is 0 Å². The molecule has 0 spiro atoms. The molecule has 28 heavy (non-hydrogen) atoms. The number of aliphatic imine (C=N–C) groups is 1. The molecule has 0 unspecified atom stereocenters. The average molecular weight is 383 g/mol. The van der Waals surface area contributed by atoms with Crippen molar-refractivity contribution in [3.63, 3.8) is 0 Å². The van der Waals surface area contributed by atoms with E-state index in [2.05, 4.69) is 26.3 Å². The van der Waals surface area contributed by atoms with Crippen molar-refractivity contribution in [2.75, 3.05) is 19.5 Å². The molecule has 150 valence electrons. The second-order valence-electron chi connectivity index (χ2n) is 6.58. The zero-order valence-corrected chi connectivity index (χ0v) is 16.9. The van der Waals surface area contributed by atoms with Crippen LogP contribution in [0.1, 0.15) is 25.0 Å². The number of anilines is 1. The summed E-state index contributed by atoms with van der Waals surface area (Å²) in [4.78, 5) is 16.0. The number of urea groups is 1. The summed E-state index contributed by atoms with van der Waals surface area (Å²) in [6.07, 6.45) is 0. The molecule has 0 aliphatic carbocycles. The van der Waals surface area contributed by atoms with Gasteiger partial charge in [0.2, 0.25) is 0 Å². The fraction of sp³-hybridized carbons (Fsp3) is 0.333. The van der Waals surface area contributed by atoms with E-state index < -0.39 is 0 Å². The van der Waals surface area contributed by atoms with Gasteiger partial charge in [-0.3, -0.25) is 4.99 Å². The summed E-state index contributed by atoms with van der Waals surface area (Å²) in [5.74, 6) is 1.54. The normalized spacial score (nSPS) is 11.1. The number of hydrogen-bond donors (Lipinski definition) is 4. The molecule has 0 atom stereocenters. The molecule has 2 rings (SSSR count). The molecule has 0 saturated carbocycles. The molecule has 0 bridgehead atoms. The molecule has 0 heterocycles. The molecule has 7 heteroatoms. The number of benzene rings is 2. The smallest absolute Gasteiger partial charge is 0.319 e. The van der Waals surface area contributed by atoms with Crippen molar-refractivity contribution in [1.82, 2.24) is 16.0 Å². The molecule has 0 aliphatic heterocycles. The van der Waals surface area contributed by atoms with Crippen LogP contribution in [-0.4, -0.2) is 32.2 Å². The number of methoxy groups -OCH3 is 1.